The zero-order valence-electron chi connectivity index (χ0n) is 25.6. The van der Waals surface area contributed by atoms with Crippen molar-refractivity contribution in [2.45, 2.75) is 111 Å². The van der Waals surface area contributed by atoms with Crippen LogP contribution in [0, 0.1) is 45.3 Å². The van der Waals surface area contributed by atoms with Crippen molar-refractivity contribution >= 4 is 20.8 Å². The van der Waals surface area contributed by atoms with Gasteiger partial charge in [-0.1, -0.05) is 48.0 Å². The van der Waals surface area contributed by atoms with E-state index in [2.05, 4.69) is 34.6 Å². The average molecular weight is 627 g/mol. The molecular weight excluding hydrogens is 580 g/mol. The number of hydrogen-bond acceptors (Lipinski definition) is 7. The molecule has 0 spiro atoms. The lowest BCUT2D eigenvalue weighted by Gasteiger charge is -2.71. The number of benzene rings is 1. The van der Waals surface area contributed by atoms with Crippen LogP contribution in [0.5, 0.6) is 17.2 Å². The molecule has 42 heavy (non-hydrogen) atoms. The first-order chi connectivity index (χ1) is 19.2. The second kappa shape index (κ2) is 9.01. The summed E-state index contributed by atoms with van der Waals surface area (Å²) >= 11 is 0. The maximum atomic E-state index is 11.9. The molecule has 3 N–H and O–H groups in total. The van der Waals surface area contributed by atoms with E-state index in [0.717, 1.165) is 25.3 Å². The summed E-state index contributed by atoms with van der Waals surface area (Å²) in [6, 6.07) is 0.943. The van der Waals surface area contributed by atoms with Crippen LogP contribution in [0.15, 0.2) is 6.07 Å². The summed E-state index contributed by atoms with van der Waals surface area (Å²) in [5.41, 5.74) is 0.622. The van der Waals surface area contributed by atoms with Crippen LogP contribution in [0.1, 0.15) is 110 Å². The van der Waals surface area contributed by atoms with Crippen LogP contribution in [-0.4, -0.2) is 31.0 Å². The van der Waals surface area contributed by atoms with Gasteiger partial charge in [0.2, 0.25) is 0 Å². The van der Waals surface area contributed by atoms with Crippen LogP contribution in [0.4, 0.5) is 0 Å². The number of hydrogen-bond donors (Lipinski definition) is 3. The summed E-state index contributed by atoms with van der Waals surface area (Å²) < 4.78 is 76.3. The summed E-state index contributed by atoms with van der Waals surface area (Å²) in [7, 11) is -9.92. The molecule has 5 aliphatic rings. The smallest absolute Gasteiger partial charge is 0.446 e. The molecule has 8 atom stereocenters. The van der Waals surface area contributed by atoms with Crippen LogP contribution in [-0.2, 0) is 32.6 Å². The van der Waals surface area contributed by atoms with E-state index in [1.165, 1.54) is 32.1 Å². The predicted molar refractivity (Wildman–Crippen MR) is 157 cm³/mol. The molecule has 0 heterocycles. The number of aromatic hydroxyl groups is 1. The number of phenolic OH excluding ortho intramolecular Hbond substituents is 1. The fourth-order valence-electron chi connectivity index (χ4n) is 12.4. The number of phenols is 1. The summed E-state index contributed by atoms with van der Waals surface area (Å²) in [5.74, 6) is 0.356. The summed E-state index contributed by atoms with van der Waals surface area (Å²) in [6.45, 7) is 14.4. The van der Waals surface area contributed by atoms with Crippen molar-refractivity contribution in [3.63, 3.8) is 0 Å². The first-order valence-corrected chi connectivity index (χ1v) is 18.1. The Labute approximate surface area is 250 Å². The fourth-order valence-corrected chi connectivity index (χ4v) is 13.1. The van der Waals surface area contributed by atoms with Gasteiger partial charge in [0.15, 0.2) is 17.2 Å². The van der Waals surface area contributed by atoms with Gasteiger partial charge in [-0.2, -0.15) is 16.8 Å². The Bertz CT molecular complexity index is 1540. The second-order valence-corrected chi connectivity index (χ2v) is 18.0. The Morgan fingerprint density at radius 3 is 1.83 bits per heavy atom. The predicted octanol–water partition coefficient (Wildman–Crippen LogP) is 6.64. The van der Waals surface area contributed by atoms with E-state index in [1.807, 2.05) is 6.92 Å². The van der Waals surface area contributed by atoms with E-state index in [9.17, 15) is 31.0 Å². The van der Waals surface area contributed by atoms with Crippen molar-refractivity contribution in [2.75, 3.05) is 0 Å². The maximum Gasteiger partial charge on any atom is 0.446 e. The van der Waals surface area contributed by atoms with Crippen LogP contribution >= 0.6 is 0 Å². The van der Waals surface area contributed by atoms with Crippen molar-refractivity contribution in [3.8, 4) is 17.2 Å². The molecule has 4 saturated carbocycles. The van der Waals surface area contributed by atoms with Crippen LogP contribution in [0.25, 0.3) is 0 Å². The van der Waals surface area contributed by atoms with Crippen molar-refractivity contribution in [1.29, 1.82) is 0 Å². The minimum atomic E-state index is -4.99. The quantitative estimate of drug-likeness (QED) is 0.313. The Morgan fingerprint density at radius 2 is 1.24 bits per heavy atom. The van der Waals surface area contributed by atoms with E-state index in [1.54, 1.807) is 0 Å². The third-order valence-corrected chi connectivity index (χ3v) is 14.4. The highest BCUT2D eigenvalue weighted by molar-refractivity contribution is 7.81. The Hall–Kier alpha value is -1.56. The maximum absolute atomic E-state index is 11.9. The van der Waals surface area contributed by atoms with Gasteiger partial charge in [0.1, 0.15) is 0 Å². The fraction of sp³-hybridized carbons (Fsp3) is 0.806. The first-order valence-electron chi connectivity index (χ1n) is 15.4. The monoisotopic (exact) mass is 626 g/mol. The lowest BCUT2D eigenvalue weighted by molar-refractivity contribution is -0.216. The second-order valence-electron chi connectivity index (χ2n) is 15.9. The van der Waals surface area contributed by atoms with Gasteiger partial charge in [-0.3, -0.25) is 9.11 Å². The Balaban J connectivity index is 1.45. The van der Waals surface area contributed by atoms with E-state index in [0.29, 0.717) is 47.1 Å². The zero-order chi connectivity index (χ0) is 30.9. The van der Waals surface area contributed by atoms with Gasteiger partial charge < -0.3 is 13.5 Å². The third kappa shape index (κ3) is 4.26. The van der Waals surface area contributed by atoms with Gasteiger partial charge in [0, 0.05) is 22.6 Å². The molecule has 11 heteroatoms. The molecule has 0 saturated heterocycles. The molecule has 1 aromatic rings. The molecule has 236 valence electrons. The van der Waals surface area contributed by atoms with Crippen LogP contribution < -0.4 is 8.37 Å². The first kappa shape index (κ1) is 30.5. The minimum absolute atomic E-state index is 0.0286. The van der Waals surface area contributed by atoms with Crippen molar-refractivity contribution in [2.24, 2.45) is 45.3 Å². The third-order valence-electron chi connectivity index (χ3n) is 13.6. The summed E-state index contributed by atoms with van der Waals surface area (Å²) in [4.78, 5) is 0. The highest BCUT2D eigenvalue weighted by Crippen LogP contribution is 2.76. The summed E-state index contributed by atoms with van der Waals surface area (Å²) in [5, 5.41) is 10.8. The molecule has 8 unspecified atom stereocenters. The lowest BCUT2D eigenvalue weighted by Crippen LogP contribution is -2.64. The van der Waals surface area contributed by atoms with Gasteiger partial charge >= 0.3 is 20.8 Å². The molecule has 1 aromatic carbocycles. The van der Waals surface area contributed by atoms with Crippen molar-refractivity contribution in [3.05, 3.63) is 17.2 Å². The highest BCUT2D eigenvalue weighted by atomic mass is 32.3. The standard InChI is InChI=1S/C31H46O9S2/c1-27(2)11-7-12-28(3)21(27)8-13-29(4)22(28)9-14-30(5)23(29)10-15-31(6)24(30)16-18-20(39-41(33,34)35)17-19(32)26(25(18)31)40-42(36,37)38/h17,21-24,32H,7-16H2,1-6H3,(H,33,34,35)(H,36,37,38). The SMILES string of the molecule is CC1(C)CCCC2(C)C1CCC1(C)C2CCC2(C)C3Cc4c(OS(=O)(=O)O)cc(O)c(OS(=O)(=O)O)c4C3(C)CCC21. The summed E-state index contributed by atoms with van der Waals surface area (Å²) in [6.07, 6.45) is 10.2. The Kier molecular flexibility index (Phi) is 6.53. The molecule has 4 fully saturated rings. The van der Waals surface area contributed by atoms with Crippen molar-refractivity contribution < 1.29 is 39.4 Å². The molecule has 0 aliphatic heterocycles. The normalized spacial score (nSPS) is 42.4. The van der Waals surface area contributed by atoms with E-state index >= 15 is 0 Å². The van der Waals surface area contributed by atoms with E-state index < -0.39 is 37.7 Å². The lowest BCUT2D eigenvalue weighted by atomic mass is 9.34. The Morgan fingerprint density at radius 1 is 0.714 bits per heavy atom. The van der Waals surface area contributed by atoms with Gasteiger partial charge in [0.05, 0.1) is 0 Å². The number of rotatable bonds is 4. The molecular formula is C31H46O9S2. The van der Waals surface area contributed by atoms with Gasteiger partial charge in [-0.05, 0) is 103 Å². The van der Waals surface area contributed by atoms with E-state index in [-0.39, 0.29) is 27.9 Å². The highest BCUT2D eigenvalue weighted by Gasteiger charge is 2.69. The average Bonchev–Trinajstić information content (AvgIpc) is 3.13. The van der Waals surface area contributed by atoms with Gasteiger partial charge in [-0.25, -0.2) is 0 Å². The van der Waals surface area contributed by atoms with E-state index in [4.69, 9.17) is 8.37 Å². The van der Waals surface area contributed by atoms with Crippen molar-refractivity contribution in [1.82, 2.24) is 0 Å². The molecule has 5 aliphatic carbocycles. The van der Waals surface area contributed by atoms with Gasteiger partial charge in [-0.15, -0.1) is 0 Å². The minimum Gasteiger partial charge on any atom is -0.504 e. The number of fused-ring (bicyclic) bond motifs is 9. The van der Waals surface area contributed by atoms with Gasteiger partial charge in [0.25, 0.3) is 0 Å². The zero-order valence-corrected chi connectivity index (χ0v) is 27.2. The molecule has 9 nitrogen and oxygen atoms in total. The topological polar surface area (TPSA) is 147 Å². The van der Waals surface area contributed by atoms with Crippen LogP contribution in [0.2, 0.25) is 0 Å². The molecule has 0 amide bonds. The molecule has 0 bridgehead atoms. The largest absolute Gasteiger partial charge is 0.504 e. The molecule has 0 aromatic heterocycles. The van der Waals surface area contributed by atoms with Crippen LogP contribution in [0.3, 0.4) is 0 Å². The molecule has 0 radical (unpaired) electrons. The molecule has 6 rings (SSSR count).